The summed E-state index contributed by atoms with van der Waals surface area (Å²) in [5, 5.41) is 3.33. The van der Waals surface area contributed by atoms with Crippen molar-refractivity contribution in [2.24, 2.45) is 0 Å². The summed E-state index contributed by atoms with van der Waals surface area (Å²) < 4.78 is 3.27. The predicted octanol–water partition coefficient (Wildman–Crippen LogP) is 3.72. The van der Waals surface area contributed by atoms with E-state index in [2.05, 4.69) is 42.2 Å². The Labute approximate surface area is 218 Å². The van der Waals surface area contributed by atoms with Crippen molar-refractivity contribution in [3.05, 3.63) is 64.9 Å². The third kappa shape index (κ3) is 5.36. The van der Waals surface area contributed by atoms with Crippen LogP contribution in [-0.4, -0.2) is 69.7 Å². The zero-order chi connectivity index (χ0) is 25.2. The van der Waals surface area contributed by atoms with Crippen molar-refractivity contribution < 1.29 is 4.79 Å². The number of nitrogens with zero attached hydrogens (tertiary/aromatic N) is 6. The number of pyridine rings is 2. The van der Waals surface area contributed by atoms with Gasteiger partial charge >= 0.3 is 143 Å². The molecule has 3 aromatic rings. The number of aryl methyl sites for hydroxylation is 2. The van der Waals surface area contributed by atoms with Crippen LogP contribution in [0.25, 0.3) is 0 Å². The normalized spacial score (nSPS) is 19.5. The van der Waals surface area contributed by atoms with Gasteiger partial charge in [0, 0.05) is 23.3 Å². The molecule has 0 spiro atoms. The third-order valence-corrected chi connectivity index (χ3v) is 7.53. The molecule has 3 aromatic heterocycles. The van der Waals surface area contributed by atoms with E-state index in [0.717, 1.165) is 61.1 Å². The summed E-state index contributed by atoms with van der Waals surface area (Å²) in [6.07, 6.45) is 5.56. The number of hydrogen-bond donors (Lipinski definition) is 2. The van der Waals surface area contributed by atoms with Crippen LogP contribution >= 0.6 is 0 Å². The summed E-state index contributed by atoms with van der Waals surface area (Å²) in [5.41, 5.74) is 5.85. The second kappa shape index (κ2) is 10.5. The molecular weight excluding hydrogens is 467 g/mol. The van der Waals surface area contributed by atoms with Crippen LogP contribution in [0.1, 0.15) is 52.8 Å². The number of anilines is 3. The molecule has 1 amide bonds. The predicted molar refractivity (Wildman–Crippen MR) is 141 cm³/mol. The Kier molecular flexibility index (Phi) is 7.19. The number of hydrogen-bond acceptors (Lipinski definition) is 8. The second-order valence-corrected chi connectivity index (χ2v) is 10.6. The minimum absolute atomic E-state index is 0.0833. The molecule has 0 unspecified atom stereocenters. The van der Waals surface area contributed by atoms with Crippen LogP contribution in [0.3, 0.4) is 0 Å². The number of carbonyl (C=O) groups is 1. The van der Waals surface area contributed by atoms with E-state index in [9.17, 15) is 4.79 Å². The van der Waals surface area contributed by atoms with Gasteiger partial charge in [0.15, 0.2) is 0 Å². The molecule has 36 heavy (non-hydrogen) atoms. The van der Waals surface area contributed by atoms with E-state index < -0.39 is 0 Å². The molecule has 0 bridgehead atoms. The topological polar surface area (TPSA) is 99.2 Å². The summed E-state index contributed by atoms with van der Waals surface area (Å²) in [5.74, 6) is 3.58. The Morgan fingerprint density at radius 1 is 1.11 bits per heavy atom. The van der Waals surface area contributed by atoms with E-state index >= 15 is 0 Å². The molecule has 0 radical (unpaired) electrons. The first-order valence-corrected chi connectivity index (χ1v) is 14.3. The van der Waals surface area contributed by atoms with Gasteiger partial charge in [0.05, 0.1) is 0 Å². The van der Waals surface area contributed by atoms with Crippen molar-refractivity contribution in [2.45, 2.75) is 64.6 Å². The molecule has 2 aliphatic heterocycles. The van der Waals surface area contributed by atoms with E-state index in [1.54, 1.807) is 6.20 Å². The Bertz CT molecular complexity index is 1250. The molecule has 0 aromatic carbocycles. The van der Waals surface area contributed by atoms with Crippen molar-refractivity contribution >= 4 is 38.8 Å². The Morgan fingerprint density at radius 2 is 1.92 bits per heavy atom. The number of likely N-dealkylation sites (tertiary alicyclic amines) is 1. The summed E-state index contributed by atoms with van der Waals surface area (Å²) in [6.45, 7) is 8.54. The van der Waals surface area contributed by atoms with Crippen LogP contribution in [0, 0.1) is 13.8 Å². The van der Waals surface area contributed by atoms with E-state index in [-0.39, 0.29) is 27.4 Å². The quantitative estimate of drug-likeness (QED) is 0.495. The first-order chi connectivity index (χ1) is 17.4. The molecule has 2 N–H and O–H groups in total. The van der Waals surface area contributed by atoms with Gasteiger partial charge in [-0.25, -0.2) is 9.97 Å². The number of piperidine rings is 1. The number of fused-ring (bicyclic) bond motifs is 1. The Balaban J connectivity index is 1.21. The van der Waals surface area contributed by atoms with Crippen molar-refractivity contribution in [3.63, 3.8) is 0 Å². The van der Waals surface area contributed by atoms with Gasteiger partial charge in [-0.2, -0.15) is 0 Å². The fourth-order valence-corrected chi connectivity index (χ4v) is 5.72. The molecule has 0 saturated carbocycles. The van der Waals surface area contributed by atoms with Gasteiger partial charge in [-0.1, -0.05) is 0 Å². The number of carbonyl (C=O) groups excluding carboxylic acids is 1. The number of amides is 1. The van der Waals surface area contributed by atoms with Gasteiger partial charge in [0.1, 0.15) is 0 Å². The van der Waals surface area contributed by atoms with E-state index in [4.69, 9.17) is 4.98 Å². The zero-order valence-corrected chi connectivity index (χ0v) is 22.5. The second-order valence-electron chi connectivity index (χ2n) is 9.72. The molecular formula is C26H32AlN8O+. The summed E-state index contributed by atoms with van der Waals surface area (Å²) in [7, 11) is 0. The summed E-state index contributed by atoms with van der Waals surface area (Å²) in [4.78, 5) is 35.9. The maximum atomic E-state index is 13.2. The molecule has 10 heteroatoms. The van der Waals surface area contributed by atoms with Gasteiger partial charge in [0.2, 0.25) is 5.95 Å². The zero-order valence-electron chi connectivity index (χ0n) is 21.3. The molecule has 184 valence electrons. The molecule has 2 aliphatic rings. The van der Waals surface area contributed by atoms with Crippen LogP contribution in [0.15, 0.2) is 36.7 Å². The van der Waals surface area contributed by atoms with Crippen LogP contribution < -0.4 is 9.62 Å². The van der Waals surface area contributed by atoms with Crippen molar-refractivity contribution in [1.82, 2.24) is 29.7 Å². The fraction of sp³-hybridized carbons (Fsp3) is 0.423. The van der Waals surface area contributed by atoms with Crippen LogP contribution in [0.2, 0.25) is 5.79 Å². The van der Waals surface area contributed by atoms with Gasteiger partial charge < -0.3 is 5.32 Å². The SMILES string of the molecule is [CH3][Al+][NH]c1cc(C(=O)N2CC[C@H](N3Cc4cnc(Nc5cc(C)nc(C)c5)nc4C3)C[C@H]2C)ccn1. The Hall–Kier alpha value is -3.06. The molecule has 1 saturated heterocycles. The van der Waals surface area contributed by atoms with Crippen LogP contribution in [-0.2, 0) is 13.1 Å². The first-order valence-electron chi connectivity index (χ1n) is 12.5. The first kappa shape index (κ1) is 24.6. The van der Waals surface area contributed by atoms with Crippen molar-refractivity contribution in [3.8, 4) is 0 Å². The monoisotopic (exact) mass is 499 g/mol. The summed E-state index contributed by atoms with van der Waals surface area (Å²) in [6, 6.07) is 8.27. The van der Waals surface area contributed by atoms with Gasteiger partial charge in [-0.15, -0.1) is 0 Å². The van der Waals surface area contributed by atoms with E-state index in [0.29, 0.717) is 17.6 Å². The average Bonchev–Trinajstić information content (AvgIpc) is 3.27. The van der Waals surface area contributed by atoms with Crippen LogP contribution in [0.4, 0.5) is 17.5 Å². The third-order valence-electron chi connectivity index (χ3n) is 6.94. The van der Waals surface area contributed by atoms with Gasteiger partial charge in [-0.3, -0.25) is 4.98 Å². The molecule has 1 fully saturated rings. The number of rotatable bonds is 6. The fourth-order valence-electron chi connectivity index (χ4n) is 5.27. The summed E-state index contributed by atoms with van der Waals surface area (Å²) >= 11 is 0.0833. The van der Waals surface area contributed by atoms with E-state index in [1.165, 1.54) is 5.56 Å². The standard InChI is InChI=1S/C25H29N8O.CH3.Al/c1-15-8-20(9-16(2)29-15)30-25-28-12-19-13-32(14-22(19)31-25)21-5-7-33(17(3)10-21)24(34)18-4-6-27-23(26)11-18;;/h4,6,8-9,11-12,17,21H,5,7,10,13-14H2,1-3H3,(H2-,26,27,28,29,30,31);1H3;/q-1;;+2/t17-,21+;;/m1../s1. The Morgan fingerprint density at radius 3 is 2.67 bits per heavy atom. The van der Waals surface area contributed by atoms with Crippen molar-refractivity contribution in [1.29, 1.82) is 0 Å². The molecule has 0 aliphatic carbocycles. The van der Waals surface area contributed by atoms with E-state index in [1.807, 2.05) is 49.2 Å². The maximum absolute atomic E-state index is 13.2. The average molecular weight is 500 g/mol. The molecule has 5 heterocycles. The minimum atomic E-state index is 0.0833. The molecule has 2 atom stereocenters. The van der Waals surface area contributed by atoms with Crippen LogP contribution in [0.5, 0.6) is 0 Å². The van der Waals surface area contributed by atoms with Gasteiger partial charge in [0.25, 0.3) is 0 Å². The number of nitrogens with one attached hydrogen (secondary N) is 2. The molecule has 9 nitrogen and oxygen atoms in total. The van der Waals surface area contributed by atoms with Crippen molar-refractivity contribution in [2.75, 3.05) is 16.2 Å². The number of aromatic nitrogens is 4. The van der Waals surface area contributed by atoms with Gasteiger partial charge in [-0.05, 0) is 26.0 Å². The molecule has 5 rings (SSSR count).